The second kappa shape index (κ2) is 9.03. The molecule has 1 atom stereocenters. The molecule has 1 aliphatic rings. The van der Waals surface area contributed by atoms with E-state index in [2.05, 4.69) is 5.32 Å². The molecule has 1 aromatic heterocycles. The van der Waals surface area contributed by atoms with Crippen molar-refractivity contribution in [3.8, 4) is 0 Å². The summed E-state index contributed by atoms with van der Waals surface area (Å²) >= 11 is 6.44. The Morgan fingerprint density at radius 2 is 2.07 bits per heavy atom. The van der Waals surface area contributed by atoms with E-state index >= 15 is 0 Å². The zero-order chi connectivity index (χ0) is 20.1. The Kier molecular flexibility index (Phi) is 6.48. The fourth-order valence-electron chi connectivity index (χ4n) is 2.68. The lowest BCUT2D eigenvalue weighted by atomic mass is 10.1. The molecule has 0 saturated carbocycles. The lowest BCUT2D eigenvalue weighted by Gasteiger charge is -2.14. The van der Waals surface area contributed by atoms with E-state index in [1.807, 2.05) is 0 Å². The summed E-state index contributed by atoms with van der Waals surface area (Å²) in [5.41, 5.74) is 0.606. The van der Waals surface area contributed by atoms with Gasteiger partial charge in [0.15, 0.2) is 0 Å². The van der Waals surface area contributed by atoms with Crippen LogP contribution >= 0.6 is 24.0 Å². The number of ether oxygens (including phenoxy) is 1. The number of benzene rings is 1. The molecule has 2 aromatic rings. The number of hydrogen-bond donors (Lipinski definition) is 1. The van der Waals surface area contributed by atoms with Crippen LogP contribution in [0.25, 0.3) is 0 Å². The molecule has 2 amide bonds. The van der Waals surface area contributed by atoms with Crippen molar-refractivity contribution in [2.24, 2.45) is 0 Å². The van der Waals surface area contributed by atoms with Crippen LogP contribution in [0.3, 0.4) is 0 Å². The Morgan fingerprint density at radius 1 is 1.29 bits per heavy atom. The molecule has 28 heavy (non-hydrogen) atoms. The number of thiocarbonyl (C=S) groups is 1. The van der Waals surface area contributed by atoms with Crippen LogP contribution in [0.15, 0.2) is 47.1 Å². The number of thioether (sulfide) groups is 1. The van der Waals surface area contributed by atoms with E-state index in [9.17, 15) is 14.4 Å². The van der Waals surface area contributed by atoms with Gasteiger partial charge in [-0.1, -0.05) is 36.1 Å². The number of carbonyl (C=O) groups is 3. The fraction of sp³-hybridized carbons (Fsp3) is 0.263. The zero-order valence-corrected chi connectivity index (χ0v) is 16.7. The number of para-hydroxylation sites is 1. The number of anilines is 1. The maximum atomic E-state index is 12.6. The Bertz CT molecular complexity index is 897. The molecule has 7 nitrogen and oxygen atoms in total. The number of rotatable bonds is 7. The van der Waals surface area contributed by atoms with Crippen molar-refractivity contribution < 1.29 is 23.5 Å². The molecular weight excluding hydrogens is 400 g/mol. The largest absolute Gasteiger partial charge is 0.467 e. The first-order valence-electron chi connectivity index (χ1n) is 8.60. The van der Waals surface area contributed by atoms with Crippen molar-refractivity contribution in [1.29, 1.82) is 0 Å². The van der Waals surface area contributed by atoms with Gasteiger partial charge in [-0.05, 0) is 31.2 Å². The van der Waals surface area contributed by atoms with Gasteiger partial charge in [0.05, 0.1) is 35.9 Å². The molecule has 1 aromatic carbocycles. The first-order chi connectivity index (χ1) is 13.5. The van der Waals surface area contributed by atoms with Gasteiger partial charge in [-0.15, -0.1) is 0 Å². The van der Waals surface area contributed by atoms with E-state index in [1.165, 1.54) is 22.9 Å². The summed E-state index contributed by atoms with van der Waals surface area (Å²) in [4.78, 5) is 38.5. The summed E-state index contributed by atoms with van der Waals surface area (Å²) in [6.45, 7) is 2.18. The quantitative estimate of drug-likeness (QED) is 0.545. The van der Waals surface area contributed by atoms with Crippen molar-refractivity contribution in [3.63, 3.8) is 0 Å². The molecule has 1 unspecified atom stereocenters. The fourth-order valence-corrected chi connectivity index (χ4v) is 4.17. The van der Waals surface area contributed by atoms with E-state index in [1.54, 1.807) is 43.3 Å². The van der Waals surface area contributed by atoms with Gasteiger partial charge in [0.25, 0.3) is 0 Å². The minimum absolute atomic E-state index is 0.0601. The zero-order valence-electron chi connectivity index (χ0n) is 15.0. The molecule has 1 N–H and O–H groups in total. The molecule has 0 spiro atoms. The summed E-state index contributed by atoms with van der Waals surface area (Å²) in [5, 5.41) is 2.07. The second-order valence-corrected chi connectivity index (χ2v) is 7.73. The summed E-state index contributed by atoms with van der Waals surface area (Å²) in [6, 6.07) is 10.1. The molecule has 2 heterocycles. The van der Waals surface area contributed by atoms with Gasteiger partial charge in [-0.25, -0.2) is 4.79 Å². The number of amides is 2. The molecule has 1 fully saturated rings. The number of nitrogens with one attached hydrogen (secondary N) is 1. The highest BCUT2D eigenvalue weighted by molar-refractivity contribution is 8.24. The smallest absolute Gasteiger partial charge is 0.340 e. The van der Waals surface area contributed by atoms with Crippen molar-refractivity contribution >= 4 is 51.8 Å². The Labute approximate surface area is 171 Å². The topological polar surface area (TPSA) is 88.8 Å². The van der Waals surface area contributed by atoms with Gasteiger partial charge in [0, 0.05) is 6.42 Å². The van der Waals surface area contributed by atoms with Gasteiger partial charge in [0.1, 0.15) is 10.1 Å². The van der Waals surface area contributed by atoms with Gasteiger partial charge in [-0.3, -0.25) is 14.5 Å². The molecule has 1 aliphatic heterocycles. The highest BCUT2D eigenvalue weighted by atomic mass is 32.2. The number of furan rings is 1. The van der Waals surface area contributed by atoms with Gasteiger partial charge >= 0.3 is 5.97 Å². The number of carbonyl (C=O) groups excluding carboxylic acids is 3. The average molecular weight is 418 g/mol. The third-order valence-electron chi connectivity index (χ3n) is 3.97. The molecular formula is C19H18N2O5S2. The minimum Gasteiger partial charge on any atom is -0.467 e. The van der Waals surface area contributed by atoms with Gasteiger partial charge in [0.2, 0.25) is 11.8 Å². The second-order valence-electron chi connectivity index (χ2n) is 5.89. The summed E-state index contributed by atoms with van der Waals surface area (Å²) in [7, 11) is 0. The van der Waals surface area contributed by atoms with E-state index in [4.69, 9.17) is 21.4 Å². The lowest BCUT2D eigenvalue weighted by Crippen LogP contribution is -2.32. The molecule has 0 radical (unpaired) electrons. The molecule has 146 valence electrons. The standard InChI is InChI=1S/C19H18N2O5S2/c1-2-25-18(24)13-7-3-4-8-14(13)20-16(22)10-15-17(23)21(19(27)28-15)11-12-6-5-9-26-12/h3-9,15H,2,10-11H2,1H3,(H,20,22). The summed E-state index contributed by atoms with van der Waals surface area (Å²) in [6.07, 6.45) is 1.47. The average Bonchev–Trinajstić information content (AvgIpc) is 3.27. The van der Waals surface area contributed by atoms with Crippen molar-refractivity contribution in [3.05, 3.63) is 54.0 Å². The van der Waals surface area contributed by atoms with Crippen molar-refractivity contribution in [2.45, 2.75) is 25.1 Å². The van der Waals surface area contributed by atoms with Crippen molar-refractivity contribution in [1.82, 2.24) is 4.90 Å². The van der Waals surface area contributed by atoms with Crippen LogP contribution in [-0.2, 0) is 20.9 Å². The van der Waals surface area contributed by atoms with E-state index in [-0.39, 0.29) is 37.0 Å². The third-order valence-corrected chi connectivity index (χ3v) is 5.55. The molecule has 3 rings (SSSR count). The van der Waals surface area contributed by atoms with Crippen LogP contribution in [-0.4, -0.2) is 38.9 Å². The summed E-state index contributed by atoms with van der Waals surface area (Å²) in [5.74, 6) is -0.522. The normalized spacial score (nSPS) is 16.3. The first kappa shape index (κ1) is 20.1. The maximum Gasteiger partial charge on any atom is 0.340 e. The number of esters is 1. The first-order valence-corrected chi connectivity index (χ1v) is 9.88. The van der Waals surface area contributed by atoms with Crippen LogP contribution in [0.5, 0.6) is 0 Å². The van der Waals surface area contributed by atoms with E-state index in [0.717, 1.165) is 0 Å². The third kappa shape index (κ3) is 4.60. The highest BCUT2D eigenvalue weighted by Gasteiger charge is 2.38. The molecule has 1 saturated heterocycles. The molecule has 9 heteroatoms. The number of hydrogen-bond acceptors (Lipinski definition) is 7. The van der Waals surface area contributed by atoms with Gasteiger partial charge in [-0.2, -0.15) is 0 Å². The lowest BCUT2D eigenvalue weighted by molar-refractivity contribution is -0.128. The molecule has 0 aliphatic carbocycles. The predicted molar refractivity (Wildman–Crippen MR) is 109 cm³/mol. The monoisotopic (exact) mass is 418 g/mol. The van der Waals surface area contributed by atoms with Crippen LogP contribution in [0.4, 0.5) is 5.69 Å². The van der Waals surface area contributed by atoms with Crippen molar-refractivity contribution in [2.75, 3.05) is 11.9 Å². The highest BCUT2D eigenvalue weighted by Crippen LogP contribution is 2.31. The predicted octanol–water partition coefficient (Wildman–Crippen LogP) is 3.21. The minimum atomic E-state index is -0.614. The van der Waals surface area contributed by atoms with Crippen LogP contribution in [0.2, 0.25) is 0 Å². The van der Waals surface area contributed by atoms with Crippen LogP contribution in [0.1, 0.15) is 29.5 Å². The maximum absolute atomic E-state index is 12.6. The Balaban J connectivity index is 1.63. The SMILES string of the molecule is CCOC(=O)c1ccccc1NC(=O)CC1SC(=S)N(Cc2ccco2)C1=O. The van der Waals surface area contributed by atoms with Crippen LogP contribution in [0, 0.1) is 0 Å². The molecule has 0 bridgehead atoms. The Morgan fingerprint density at radius 3 is 2.79 bits per heavy atom. The van der Waals surface area contributed by atoms with Gasteiger partial charge < -0.3 is 14.5 Å². The number of nitrogens with zero attached hydrogens (tertiary/aromatic N) is 1. The van der Waals surface area contributed by atoms with E-state index in [0.29, 0.717) is 15.8 Å². The summed E-state index contributed by atoms with van der Waals surface area (Å²) < 4.78 is 10.7. The Hall–Kier alpha value is -2.65. The van der Waals surface area contributed by atoms with E-state index < -0.39 is 11.2 Å². The van der Waals surface area contributed by atoms with Crippen LogP contribution < -0.4 is 5.32 Å².